The molecule has 0 aromatic rings. The minimum absolute atomic E-state index is 0.0541. The van der Waals surface area contributed by atoms with Crippen LogP contribution in [-0.2, 0) is 14.4 Å². The molecule has 3 aliphatic carbocycles. The summed E-state index contributed by atoms with van der Waals surface area (Å²) in [4.78, 5) is 39.4. The first-order valence-corrected chi connectivity index (χ1v) is 7.24. The van der Waals surface area contributed by atoms with E-state index in [-0.39, 0.29) is 54.4 Å². The van der Waals surface area contributed by atoms with Gasteiger partial charge in [0.05, 0.1) is 11.8 Å². The zero-order chi connectivity index (χ0) is 14.4. The van der Waals surface area contributed by atoms with Crippen molar-refractivity contribution in [3.05, 3.63) is 12.2 Å². The maximum atomic E-state index is 12.5. The van der Waals surface area contributed by atoms with Gasteiger partial charge in [-0.2, -0.15) is 0 Å². The molecule has 108 valence electrons. The molecule has 5 nitrogen and oxygen atoms in total. The largest absolute Gasteiger partial charge is 0.349 e. The molecule has 20 heavy (non-hydrogen) atoms. The minimum Gasteiger partial charge on any atom is -0.349 e. The van der Waals surface area contributed by atoms with E-state index in [1.807, 2.05) is 0 Å². The van der Waals surface area contributed by atoms with Gasteiger partial charge in [-0.1, -0.05) is 12.2 Å². The maximum absolute atomic E-state index is 12.5. The van der Waals surface area contributed by atoms with Crippen LogP contribution in [0.4, 0.5) is 0 Å². The first kappa shape index (κ1) is 13.3. The van der Waals surface area contributed by atoms with E-state index < -0.39 is 0 Å². The summed E-state index contributed by atoms with van der Waals surface area (Å²) in [6.07, 6.45) is 6.44. The normalized spacial score (nSPS) is 34.6. The Kier molecular flexibility index (Phi) is 3.15. The van der Waals surface area contributed by atoms with Crippen LogP contribution in [0.15, 0.2) is 12.2 Å². The Labute approximate surface area is 118 Å². The fourth-order valence-corrected chi connectivity index (χ4v) is 3.79. The van der Waals surface area contributed by atoms with Gasteiger partial charge in [-0.3, -0.25) is 19.3 Å². The Hall–Kier alpha value is -1.65. The molecule has 1 saturated carbocycles. The summed E-state index contributed by atoms with van der Waals surface area (Å²) in [7, 11) is 3.36. The molecule has 4 aliphatic rings. The molecule has 0 radical (unpaired) electrons. The standard InChI is InChI=1S/C15H20N2O3/c1-16(2)11(18)7-8-17-14(19)12-9-3-4-10(6-5-9)13(12)15(17)20/h3-4,9-10,12-13H,5-8H2,1-2H3/t9-,10-,12-,13-/m0/s1. The molecule has 0 aromatic carbocycles. The van der Waals surface area contributed by atoms with Crippen LogP contribution >= 0.6 is 0 Å². The monoisotopic (exact) mass is 276 g/mol. The fourth-order valence-electron chi connectivity index (χ4n) is 3.79. The molecule has 5 heteroatoms. The van der Waals surface area contributed by atoms with Crippen LogP contribution in [0, 0.1) is 23.7 Å². The number of likely N-dealkylation sites (tertiary alicyclic amines) is 1. The van der Waals surface area contributed by atoms with Gasteiger partial charge < -0.3 is 4.90 Å². The number of fused-ring (bicyclic) bond motifs is 1. The average molecular weight is 276 g/mol. The van der Waals surface area contributed by atoms with Gasteiger partial charge in [0.15, 0.2) is 0 Å². The lowest BCUT2D eigenvalue weighted by atomic mass is 9.63. The summed E-state index contributed by atoms with van der Waals surface area (Å²) in [5, 5.41) is 0. The molecule has 2 bridgehead atoms. The van der Waals surface area contributed by atoms with Gasteiger partial charge >= 0.3 is 0 Å². The van der Waals surface area contributed by atoms with E-state index in [2.05, 4.69) is 12.2 Å². The minimum atomic E-state index is -0.166. The number of amides is 3. The quantitative estimate of drug-likeness (QED) is 0.562. The molecular formula is C15H20N2O3. The Balaban J connectivity index is 1.74. The van der Waals surface area contributed by atoms with Crippen LogP contribution < -0.4 is 0 Å². The number of nitrogens with zero attached hydrogens (tertiary/aromatic N) is 2. The highest BCUT2D eigenvalue weighted by molar-refractivity contribution is 6.06. The summed E-state index contributed by atoms with van der Waals surface area (Å²) >= 11 is 0. The van der Waals surface area contributed by atoms with Gasteiger partial charge in [-0.15, -0.1) is 0 Å². The third-order valence-corrected chi connectivity index (χ3v) is 4.90. The second kappa shape index (κ2) is 4.72. The first-order chi connectivity index (χ1) is 9.50. The van der Waals surface area contributed by atoms with Gasteiger partial charge in [0.1, 0.15) is 0 Å². The lowest BCUT2D eigenvalue weighted by Crippen LogP contribution is -2.38. The van der Waals surface area contributed by atoms with E-state index in [1.165, 1.54) is 9.80 Å². The molecule has 0 unspecified atom stereocenters. The van der Waals surface area contributed by atoms with Crippen molar-refractivity contribution in [2.75, 3.05) is 20.6 Å². The zero-order valence-corrected chi connectivity index (χ0v) is 11.9. The van der Waals surface area contributed by atoms with Crippen LogP contribution in [0.2, 0.25) is 0 Å². The summed E-state index contributed by atoms with van der Waals surface area (Å²) in [5.74, 6) is -0.0776. The molecule has 1 aliphatic heterocycles. The van der Waals surface area contributed by atoms with Crippen LogP contribution in [-0.4, -0.2) is 48.2 Å². The van der Waals surface area contributed by atoms with Crippen LogP contribution in [0.1, 0.15) is 19.3 Å². The highest BCUT2D eigenvalue weighted by atomic mass is 16.2. The van der Waals surface area contributed by atoms with E-state index in [1.54, 1.807) is 14.1 Å². The van der Waals surface area contributed by atoms with E-state index in [9.17, 15) is 14.4 Å². The predicted molar refractivity (Wildman–Crippen MR) is 72.4 cm³/mol. The van der Waals surface area contributed by atoms with Crippen molar-refractivity contribution in [3.63, 3.8) is 0 Å². The third-order valence-electron chi connectivity index (χ3n) is 4.90. The number of rotatable bonds is 3. The number of hydrogen-bond donors (Lipinski definition) is 0. The van der Waals surface area contributed by atoms with Crippen molar-refractivity contribution in [2.24, 2.45) is 23.7 Å². The molecule has 1 heterocycles. The van der Waals surface area contributed by atoms with Crippen LogP contribution in [0.3, 0.4) is 0 Å². The van der Waals surface area contributed by atoms with E-state index in [4.69, 9.17) is 0 Å². The molecule has 1 saturated heterocycles. The van der Waals surface area contributed by atoms with Crippen LogP contribution in [0.5, 0.6) is 0 Å². The number of hydrogen-bond acceptors (Lipinski definition) is 3. The van der Waals surface area contributed by atoms with Gasteiger partial charge in [-0.25, -0.2) is 0 Å². The molecule has 2 fully saturated rings. The SMILES string of the molecule is CN(C)C(=O)CCN1C(=O)[C@@H]2[C@@H](C1=O)[C@H]1C=C[C@H]2CC1. The lowest BCUT2D eigenvalue weighted by molar-refractivity contribution is -0.140. The molecule has 0 aromatic heterocycles. The van der Waals surface area contributed by atoms with E-state index in [0.717, 1.165) is 12.8 Å². The molecule has 0 N–H and O–H groups in total. The summed E-state index contributed by atoms with van der Waals surface area (Å²) in [5.41, 5.74) is 0. The maximum Gasteiger partial charge on any atom is 0.233 e. The number of allylic oxidation sites excluding steroid dienone is 2. The van der Waals surface area contributed by atoms with Gasteiger partial charge in [-0.05, 0) is 24.7 Å². The van der Waals surface area contributed by atoms with Gasteiger partial charge in [0.2, 0.25) is 17.7 Å². The van der Waals surface area contributed by atoms with Crippen molar-refractivity contribution in [2.45, 2.75) is 19.3 Å². The number of carbonyl (C=O) groups is 3. The van der Waals surface area contributed by atoms with Crippen molar-refractivity contribution in [1.29, 1.82) is 0 Å². The Morgan fingerprint density at radius 3 is 2.05 bits per heavy atom. The van der Waals surface area contributed by atoms with Crippen molar-refractivity contribution in [1.82, 2.24) is 9.80 Å². The second-order valence-electron chi connectivity index (χ2n) is 6.21. The zero-order valence-electron chi connectivity index (χ0n) is 11.9. The third kappa shape index (κ3) is 1.87. The fraction of sp³-hybridized carbons (Fsp3) is 0.667. The highest BCUT2D eigenvalue weighted by Crippen LogP contribution is 2.49. The summed E-state index contributed by atoms with van der Waals surface area (Å²) in [6, 6.07) is 0. The lowest BCUT2D eigenvalue weighted by Gasteiger charge is -2.38. The topological polar surface area (TPSA) is 57.7 Å². The van der Waals surface area contributed by atoms with Crippen molar-refractivity contribution >= 4 is 17.7 Å². The molecular weight excluding hydrogens is 256 g/mol. The second-order valence-corrected chi connectivity index (χ2v) is 6.21. The first-order valence-electron chi connectivity index (χ1n) is 7.24. The smallest absolute Gasteiger partial charge is 0.233 e. The van der Waals surface area contributed by atoms with Crippen molar-refractivity contribution < 1.29 is 14.4 Å². The van der Waals surface area contributed by atoms with Gasteiger partial charge in [0.25, 0.3) is 0 Å². The highest BCUT2D eigenvalue weighted by Gasteiger charge is 2.56. The number of carbonyl (C=O) groups excluding carboxylic acids is 3. The van der Waals surface area contributed by atoms with Crippen molar-refractivity contribution in [3.8, 4) is 0 Å². The molecule has 4 atom stereocenters. The van der Waals surface area contributed by atoms with Gasteiger partial charge in [0, 0.05) is 27.1 Å². The molecule has 4 rings (SSSR count). The summed E-state index contributed by atoms with van der Waals surface area (Å²) in [6.45, 7) is 0.223. The number of imide groups is 1. The Morgan fingerprint density at radius 1 is 1.15 bits per heavy atom. The average Bonchev–Trinajstić information content (AvgIpc) is 2.72. The Bertz CT molecular complexity index is 465. The van der Waals surface area contributed by atoms with Crippen LogP contribution in [0.25, 0.3) is 0 Å². The molecule has 3 amide bonds. The molecule has 0 spiro atoms. The summed E-state index contributed by atoms with van der Waals surface area (Å²) < 4.78 is 0. The van der Waals surface area contributed by atoms with E-state index in [0.29, 0.717) is 0 Å². The predicted octanol–water partition coefficient (Wildman–Crippen LogP) is 0.662. The van der Waals surface area contributed by atoms with E-state index >= 15 is 0 Å². The Morgan fingerprint density at radius 2 is 1.65 bits per heavy atom.